The maximum absolute atomic E-state index is 14.6. The number of aromatic nitrogens is 2. The number of hydrogen-bond acceptors (Lipinski definition) is 3. The standard InChI is InChI=1S/C16H18BrFN4O/c1-8(2)14-12(17)15(22-21-14)16(23)20-11-4-3-9-7-19-6-5-10(9)13(11)18/h3-4,8,19H,5-7H2,1-2H3,(H,20,23)(H,21,22). The van der Waals surface area contributed by atoms with E-state index in [1.165, 1.54) is 0 Å². The number of anilines is 1. The number of fused-ring (bicyclic) bond motifs is 1. The minimum Gasteiger partial charge on any atom is -0.318 e. The summed E-state index contributed by atoms with van der Waals surface area (Å²) >= 11 is 3.39. The smallest absolute Gasteiger partial charge is 0.277 e. The molecule has 5 nitrogen and oxygen atoms in total. The van der Waals surface area contributed by atoms with E-state index in [2.05, 4.69) is 36.8 Å². The Morgan fingerprint density at radius 2 is 2.22 bits per heavy atom. The van der Waals surface area contributed by atoms with E-state index in [1.807, 2.05) is 19.9 Å². The molecule has 0 bridgehead atoms. The van der Waals surface area contributed by atoms with Crippen LogP contribution in [0, 0.1) is 5.82 Å². The van der Waals surface area contributed by atoms with Crippen LogP contribution in [0.15, 0.2) is 16.6 Å². The van der Waals surface area contributed by atoms with Gasteiger partial charge in [0, 0.05) is 6.54 Å². The van der Waals surface area contributed by atoms with Gasteiger partial charge in [-0.1, -0.05) is 19.9 Å². The Morgan fingerprint density at radius 3 is 2.91 bits per heavy atom. The van der Waals surface area contributed by atoms with Crippen LogP contribution >= 0.6 is 15.9 Å². The summed E-state index contributed by atoms with van der Waals surface area (Å²) in [6, 6.07) is 3.45. The Bertz CT molecular complexity index is 757. The molecular weight excluding hydrogens is 363 g/mol. The number of rotatable bonds is 3. The molecule has 1 aliphatic heterocycles. The lowest BCUT2D eigenvalue weighted by Crippen LogP contribution is -2.25. The lowest BCUT2D eigenvalue weighted by molar-refractivity contribution is 0.102. The summed E-state index contributed by atoms with van der Waals surface area (Å²) in [5, 5.41) is 12.7. The Labute approximate surface area is 142 Å². The molecule has 0 saturated carbocycles. The van der Waals surface area contributed by atoms with Crippen molar-refractivity contribution in [3.63, 3.8) is 0 Å². The first-order valence-corrected chi connectivity index (χ1v) is 8.34. The van der Waals surface area contributed by atoms with Crippen molar-refractivity contribution in [1.29, 1.82) is 0 Å². The molecule has 3 rings (SSSR count). The molecule has 0 spiro atoms. The molecule has 0 unspecified atom stereocenters. The Hall–Kier alpha value is -1.73. The van der Waals surface area contributed by atoms with Gasteiger partial charge in [-0.15, -0.1) is 0 Å². The van der Waals surface area contributed by atoms with E-state index >= 15 is 0 Å². The van der Waals surface area contributed by atoms with E-state index in [4.69, 9.17) is 0 Å². The molecule has 2 aromatic rings. The maximum atomic E-state index is 14.6. The second-order valence-electron chi connectivity index (χ2n) is 5.90. The molecule has 3 N–H and O–H groups in total. The summed E-state index contributed by atoms with van der Waals surface area (Å²) in [6.45, 7) is 5.39. The lowest BCUT2D eigenvalue weighted by Gasteiger charge is -2.19. The fourth-order valence-electron chi connectivity index (χ4n) is 2.69. The first-order valence-electron chi connectivity index (χ1n) is 7.55. The van der Waals surface area contributed by atoms with Gasteiger partial charge in [-0.05, 0) is 52.0 Å². The predicted molar refractivity (Wildman–Crippen MR) is 90.1 cm³/mol. The van der Waals surface area contributed by atoms with Gasteiger partial charge in [-0.3, -0.25) is 9.89 Å². The summed E-state index contributed by atoms with van der Waals surface area (Å²) in [4.78, 5) is 12.4. The molecule has 0 fully saturated rings. The van der Waals surface area contributed by atoms with E-state index in [0.29, 0.717) is 23.0 Å². The van der Waals surface area contributed by atoms with Crippen LogP contribution in [-0.2, 0) is 13.0 Å². The summed E-state index contributed by atoms with van der Waals surface area (Å²) in [6.07, 6.45) is 0.620. The third-order valence-electron chi connectivity index (χ3n) is 3.98. The molecule has 1 aliphatic rings. The quantitative estimate of drug-likeness (QED) is 0.764. The molecule has 7 heteroatoms. The number of aromatic amines is 1. The predicted octanol–water partition coefficient (Wildman–Crippen LogP) is 3.33. The van der Waals surface area contributed by atoms with Crippen LogP contribution in [0.1, 0.15) is 47.1 Å². The number of carbonyl (C=O) groups is 1. The highest BCUT2D eigenvalue weighted by Crippen LogP contribution is 2.28. The van der Waals surface area contributed by atoms with Crippen molar-refractivity contribution in [2.24, 2.45) is 0 Å². The Balaban J connectivity index is 1.86. The maximum Gasteiger partial charge on any atom is 0.277 e. The Morgan fingerprint density at radius 1 is 1.43 bits per heavy atom. The molecule has 1 aromatic carbocycles. The molecule has 1 amide bonds. The van der Waals surface area contributed by atoms with Crippen LogP contribution < -0.4 is 10.6 Å². The van der Waals surface area contributed by atoms with Crippen molar-refractivity contribution in [3.8, 4) is 0 Å². The van der Waals surface area contributed by atoms with E-state index in [0.717, 1.165) is 17.8 Å². The molecule has 23 heavy (non-hydrogen) atoms. The molecule has 0 atom stereocenters. The van der Waals surface area contributed by atoms with Crippen LogP contribution in [0.2, 0.25) is 0 Å². The largest absolute Gasteiger partial charge is 0.318 e. The van der Waals surface area contributed by atoms with Crippen molar-refractivity contribution < 1.29 is 9.18 Å². The number of halogens is 2. The number of H-pyrrole nitrogens is 1. The van der Waals surface area contributed by atoms with Crippen molar-refractivity contribution in [2.45, 2.75) is 32.7 Å². The SMILES string of the molecule is CC(C)c1[nH]nc(C(=O)Nc2ccc3c(c2F)CCNC3)c1Br. The number of hydrogen-bond donors (Lipinski definition) is 3. The first kappa shape index (κ1) is 16.1. The second-order valence-corrected chi connectivity index (χ2v) is 6.69. The number of nitrogens with one attached hydrogen (secondary N) is 3. The minimum absolute atomic E-state index is 0.191. The molecule has 0 radical (unpaired) electrons. The number of carbonyl (C=O) groups excluding carboxylic acids is 1. The van der Waals surface area contributed by atoms with Crippen molar-refractivity contribution >= 4 is 27.5 Å². The zero-order valence-electron chi connectivity index (χ0n) is 13.0. The highest BCUT2D eigenvalue weighted by Gasteiger charge is 2.22. The average Bonchev–Trinajstić information content (AvgIpc) is 2.92. The van der Waals surface area contributed by atoms with Gasteiger partial charge in [0.25, 0.3) is 5.91 Å². The van der Waals surface area contributed by atoms with Gasteiger partial charge in [0.05, 0.1) is 15.9 Å². The van der Waals surface area contributed by atoms with Gasteiger partial charge in [-0.25, -0.2) is 4.39 Å². The highest BCUT2D eigenvalue weighted by atomic mass is 79.9. The second kappa shape index (κ2) is 6.41. The van der Waals surface area contributed by atoms with Gasteiger partial charge in [0.15, 0.2) is 5.69 Å². The summed E-state index contributed by atoms with van der Waals surface area (Å²) in [5.74, 6) is -0.590. The van der Waals surface area contributed by atoms with Gasteiger partial charge >= 0.3 is 0 Å². The summed E-state index contributed by atoms with van der Waals surface area (Å²) in [5.41, 5.74) is 2.87. The summed E-state index contributed by atoms with van der Waals surface area (Å²) in [7, 11) is 0. The normalized spacial score (nSPS) is 14.0. The molecular formula is C16H18BrFN4O. The molecule has 122 valence electrons. The van der Waals surface area contributed by atoms with E-state index in [1.54, 1.807) is 6.07 Å². The van der Waals surface area contributed by atoms with Crippen LogP contribution in [0.3, 0.4) is 0 Å². The van der Waals surface area contributed by atoms with E-state index < -0.39 is 5.91 Å². The van der Waals surface area contributed by atoms with Crippen molar-refractivity contribution in [3.05, 3.63) is 44.9 Å². The Kier molecular flexibility index (Phi) is 4.50. The fourth-order valence-corrected chi connectivity index (χ4v) is 3.50. The molecule has 2 heterocycles. The van der Waals surface area contributed by atoms with Crippen LogP contribution in [0.5, 0.6) is 0 Å². The van der Waals surface area contributed by atoms with E-state index in [9.17, 15) is 9.18 Å². The molecule has 1 aromatic heterocycles. The highest BCUT2D eigenvalue weighted by molar-refractivity contribution is 9.10. The van der Waals surface area contributed by atoms with Crippen molar-refractivity contribution in [2.75, 3.05) is 11.9 Å². The number of amides is 1. The van der Waals surface area contributed by atoms with Crippen molar-refractivity contribution in [1.82, 2.24) is 15.5 Å². The average molecular weight is 381 g/mol. The zero-order valence-corrected chi connectivity index (χ0v) is 14.6. The number of benzene rings is 1. The van der Waals surface area contributed by atoms with Crippen LogP contribution in [-0.4, -0.2) is 22.6 Å². The summed E-state index contributed by atoms with van der Waals surface area (Å²) < 4.78 is 15.2. The fraction of sp³-hybridized carbons (Fsp3) is 0.375. The monoisotopic (exact) mass is 380 g/mol. The first-order chi connectivity index (χ1) is 11.0. The van der Waals surface area contributed by atoms with Gasteiger partial charge in [-0.2, -0.15) is 5.10 Å². The minimum atomic E-state index is -0.437. The van der Waals surface area contributed by atoms with Gasteiger partial charge < -0.3 is 10.6 Å². The van der Waals surface area contributed by atoms with E-state index in [-0.39, 0.29) is 23.1 Å². The van der Waals surface area contributed by atoms with Crippen LogP contribution in [0.25, 0.3) is 0 Å². The third-order valence-corrected chi connectivity index (χ3v) is 4.78. The van der Waals surface area contributed by atoms with Gasteiger partial charge in [0.1, 0.15) is 5.82 Å². The zero-order chi connectivity index (χ0) is 16.6. The third kappa shape index (κ3) is 3.03. The molecule has 0 aliphatic carbocycles. The lowest BCUT2D eigenvalue weighted by atomic mass is 9.99. The molecule has 0 saturated heterocycles. The number of nitrogens with zero attached hydrogens (tertiary/aromatic N) is 1. The topological polar surface area (TPSA) is 69.8 Å². The van der Waals surface area contributed by atoms with Gasteiger partial charge in [0.2, 0.25) is 0 Å². The van der Waals surface area contributed by atoms with Crippen LogP contribution in [0.4, 0.5) is 10.1 Å².